The molecular weight excluding hydrogens is 356 g/mol. The van der Waals surface area contributed by atoms with Crippen molar-refractivity contribution in [3.63, 3.8) is 0 Å². The molecule has 1 fully saturated rings. The normalized spacial score (nSPS) is 17.4. The molecule has 0 aromatic heterocycles. The second-order valence-electron chi connectivity index (χ2n) is 5.62. The highest BCUT2D eigenvalue weighted by Crippen LogP contribution is 2.30. The van der Waals surface area contributed by atoms with E-state index >= 15 is 0 Å². The highest BCUT2D eigenvalue weighted by Gasteiger charge is 2.38. The van der Waals surface area contributed by atoms with Crippen molar-refractivity contribution in [1.29, 1.82) is 0 Å². The number of amides is 2. The SMILES string of the molecule is Cc1cc(Br)ccc1N1CCC(C(=O)Nc2ccccc2)C1=O. The van der Waals surface area contributed by atoms with Gasteiger partial charge in [-0.1, -0.05) is 34.1 Å². The fourth-order valence-electron chi connectivity index (χ4n) is 2.83. The van der Waals surface area contributed by atoms with Gasteiger partial charge in [-0.25, -0.2) is 0 Å². The van der Waals surface area contributed by atoms with Gasteiger partial charge in [0.2, 0.25) is 11.8 Å². The maximum atomic E-state index is 12.6. The number of carbonyl (C=O) groups is 2. The summed E-state index contributed by atoms with van der Waals surface area (Å²) in [5, 5.41) is 2.82. The van der Waals surface area contributed by atoms with Crippen molar-refractivity contribution in [3.05, 3.63) is 58.6 Å². The summed E-state index contributed by atoms with van der Waals surface area (Å²) >= 11 is 3.42. The van der Waals surface area contributed by atoms with Gasteiger partial charge >= 0.3 is 0 Å². The predicted molar refractivity (Wildman–Crippen MR) is 94.4 cm³/mol. The molecule has 2 aromatic rings. The quantitative estimate of drug-likeness (QED) is 0.834. The summed E-state index contributed by atoms with van der Waals surface area (Å²) in [5.74, 6) is -0.999. The summed E-state index contributed by atoms with van der Waals surface area (Å²) in [6.07, 6.45) is 0.535. The predicted octanol–water partition coefficient (Wildman–Crippen LogP) is 3.75. The molecule has 2 amide bonds. The van der Waals surface area contributed by atoms with Gasteiger partial charge in [0.15, 0.2) is 0 Å². The third kappa shape index (κ3) is 3.29. The lowest BCUT2D eigenvalue weighted by atomic mass is 10.1. The highest BCUT2D eigenvalue weighted by molar-refractivity contribution is 9.10. The number of rotatable bonds is 3. The average Bonchev–Trinajstić information content (AvgIpc) is 2.90. The lowest BCUT2D eigenvalue weighted by Crippen LogP contribution is -2.33. The third-order valence-corrected chi connectivity index (χ3v) is 4.51. The average molecular weight is 373 g/mol. The minimum Gasteiger partial charge on any atom is -0.325 e. The Bertz CT molecular complexity index is 746. The summed E-state index contributed by atoms with van der Waals surface area (Å²) in [4.78, 5) is 26.7. The first-order chi connectivity index (χ1) is 11.1. The Hall–Kier alpha value is -2.14. The molecular formula is C18H17BrN2O2. The van der Waals surface area contributed by atoms with Crippen LogP contribution in [0.2, 0.25) is 0 Å². The lowest BCUT2D eigenvalue weighted by molar-refractivity contribution is -0.129. The maximum Gasteiger partial charge on any atom is 0.239 e. The Labute approximate surface area is 143 Å². The van der Waals surface area contributed by atoms with Gasteiger partial charge in [-0.3, -0.25) is 9.59 Å². The zero-order valence-corrected chi connectivity index (χ0v) is 14.3. The van der Waals surface area contributed by atoms with Crippen LogP contribution in [0.3, 0.4) is 0 Å². The molecule has 5 heteroatoms. The molecule has 1 N–H and O–H groups in total. The lowest BCUT2D eigenvalue weighted by Gasteiger charge is -2.19. The van der Waals surface area contributed by atoms with Crippen molar-refractivity contribution in [2.24, 2.45) is 5.92 Å². The van der Waals surface area contributed by atoms with E-state index in [0.29, 0.717) is 18.7 Å². The zero-order chi connectivity index (χ0) is 16.4. The van der Waals surface area contributed by atoms with Crippen LogP contribution in [0.5, 0.6) is 0 Å². The first-order valence-electron chi connectivity index (χ1n) is 7.49. The molecule has 3 rings (SSSR count). The van der Waals surface area contributed by atoms with Crippen LogP contribution in [0.15, 0.2) is 53.0 Å². The molecule has 1 heterocycles. The summed E-state index contributed by atoms with van der Waals surface area (Å²) < 4.78 is 0.976. The van der Waals surface area contributed by atoms with E-state index in [-0.39, 0.29) is 11.8 Å². The van der Waals surface area contributed by atoms with E-state index in [1.807, 2.05) is 55.5 Å². The van der Waals surface area contributed by atoms with E-state index < -0.39 is 5.92 Å². The van der Waals surface area contributed by atoms with E-state index in [1.165, 1.54) is 0 Å². The number of nitrogens with zero attached hydrogens (tertiary/aromatic N) is 1. The van der Waals surface area contributed by atoms with Crippen LogP contribution in [-0.2, 0) is 9.59 Å². The number of para-hydroxylation sites is 1. The number of anilines is 2. The first-order valence-corrected chi connectivity index (χ1v) is 8.29. The molecule has 1 aliphatic rings. The molecule has 118 valence electrons. The van der Waals surface area contributed by atoms with Crippen LogP contribution < -0.4 is 10.2 Å². The second kappa shape index (κ2) is 6.54. The van der Waals surface area contributed by atoms with Crippen LogP contribution in [-0.4, -0.2) is 18.4 Å². The van der Waals surface area contributed by atoms with Gasteiger partial charge in [0.1, 0.15) is 5.92 Å². The van der Waals surface area contributed by atoms with Crippen molar-refractivity contribution in [2.75, 3.05) is 16.8 Å². The topological polar surface area (TPSA) is 49.4 Å². The van der Waals surface area contributed by atoms with Crippen LogP contribution in [0.1, 0.15) is 12.0 Å². The second-order valence-corrected chi connectivity index (χ2v) is 6.53. The fourth-order valence-corrected chi connectivity index (χ4v) is 3.31. The van der Waals surface area contributed by atoms with E-state index in [9.17, 15) is 9.59 Å². The number of halogens is 1. The minimum absolute atomic E-state index is 0.135. The van der Waals surface area contributed by atoms with Gasteiger partial charge in [0.05, 0.1) is 0 Å². The van der Waals surface area contributed by atoms with E-state index in [2.05, 4.69) is 21.2 Å². The van der Waals surface area contributed by atoms with Gasteiger partial charge in [0.25, 0.3) is 0 Å². The van der Waals surface area contributed by atoms with Crippen molar-refractivity contribution >= 4 is 39.1 Å². The van der Waals surface area contributed by atoms with Crippen LogP contribution in [0.4, 0.5) is 11.4 Å². The molecule has 1 saturated heterocycles. The molecule has 0 spiro atoms. The number of hydrogen-bond acceptors (Lipinski definition) is 2. The van der Waals surface area contributed by atoms with Crippen molar-refractivity contribution in [2.45, 2.75) is 13.3 Å². The van der Waals surface area contributed by atoms with Crippen molar-refractivity contribution in [3.8, 4) is 0 Å². The van der Waals surface area contributed by atoms with E-state index in [1.54, 1.807) is 4.90 Å². The highest BCUT2D eigenvalue weighted by atomic mass is 79.9. The molecule has 0 radical (unpaired) electrons. The van der Waals surface area contributed by atoms with Crippen LogP contribution in [0, 0.1) is 12.8 Å². The maximum absolute atomic E-state index is 12.6. The monoisotopic (exact) mass is 372 g/mol. The number of hydrogen-bond donors (Lipinski definition) is 1. The van der Waals surface area contributed by atoms with Crippen molar-refractivity contribution < 1.29 is 9.59 Å². The summed E-state index contributed by atoms with van der Waals surface area (Å²) in [5.41, 5.74) is 2.59. The van der Waals surface area contributed by atoms with Gasteiger partial charge in [-0.05, 0) is 49.2 Å². The molecule has 23 heavy (non-hydrogen) atoms. The van der Waals surface area contributed by atoms with E-state index in [4.69, 9.17) is 0 Å². The molecule has 0 bridgehead atoms. The Morgan fingerprint density at radius 1 is 1.22 bits per heavy atom. The number of aryl methyl sites for hydroxylation is 1. The minimum atomic E-state index is -0.627. The molecule has 1 aliphatic heterocycles. The largest absolute Gasteiger partial charge is 0.325 e. The van der Waals surface area contributed by atoms with E-state index in [0.717, 1.165) is 15.7 Å². The zero-order valence-electron chi connectivity index (χ0n) is 12.8. The van der Waals surface area contributed by atoms with Crippen molar-refractivity contribution in [1.82, 2.24) is 0 Å². The van der Waals surface area contributed by atoms with Gasteiger partial charge in [0, 0.05) is 22.4 Å². The van der Waals surface area contributed by atoms with Crippen LogP contribution in [0.25, 0.3) is 0 Å². The summed E-state index contributed by atoms with van der Waals surface area (Å²) in [7, 11) is 0. The standard InChI is InChI=1S/C18H17BrN2O2/c1-12-11-13(19)7-8-16(12)21-10-9-15(18(21)23)17(22)20-14-5-3-2-4-6-14/h2-8,11,15H,9-10H2,1H3,(H,20,22). The summed E-state index contributed by atoms with van der Waals surface area (Å²) in [6.45, 7) is 2.53. The number of benzene rings is 2. The Morgan fingerprint density at radius 3 is 2.65 bits per heavy atom. The van der Waals surface area contributed by atoms with Gasteiger partial charge in [-0.15, -0.1) is 0 Å². The van der Waals surface area contributed by atoms with Gasteiger partial charge < -0.3 is 10.2 Å². The summed E-state index contributed by atoms with van der Waals surface area (Å²) in [6, 6.07) is 15.0. The Kier molecular flexibility index (Phi) is 4.48. The smallest absolute Gasteiger partial charge is 0.239 e. The van der Waals surface area contributed by atoms with Gasteiger partial charge in [-0.2, -0.15) is 0 Å². The molecule has 1 atom stereocenters. The molecule has 2 aromatic carbocycles. The number of carbonyl (C=O) groups excluding carboxylic acids is 2. The number of nitrogens with one attached hydrogen (secondary N) is 1. The molecule has 0 aliphatic carbocycles. The fraction of sp³-hybridized carbons (Fsp3) is 0.222. The molecule has 1 unspecified atom stereocenters. The molecule has 4 nitrogen and oxygen atoms in total. The van der Waals surface area contributed by atoms with Crippen LogP contribution >= 0.6 is 15.9 Å². The Balaban J connectivity index is 1.75. The molecule has 0 saturated carbocycles. The first kappa shape index (κ1) is 15.7. The third-order valence-electron chi connectivity index (χ3n) is 4.01. The Morgan fingerprint density at radius 2 is 1.96 bits per heavy atom.